The third-order valence-electron chi connectivity index (χ3n) is 2.64. The van der Waals surface area contributed by atoms with E-state index in [4.69, 9.17) is 0 Å². The Morgan fingerprint density at radius 2 is 2.33 bits per heavy atom. The van der Waals surface area contributed by atoms with Crippen LogP contribution in [0.4, 0.5) is 0 Å². The monoisotopic (exact) mass is 201 g/mol. The summed E-state index contributed by atoms with van der Waals surface area (Å²) in [6.07, 6.45) is 3.64. The highest BCUT2D eigenvalue weighted by atomic mass is 16.1. The Bertz CT molecular complexity index is 431. The lowest BCUT2D eigenvalue weighted by atomic mass is 10.1. The van der Waals surface area contributed by atoms with Crippen LogP contribution in [0.1, 0.15) is 48.8 Å². The van der Waals surface area contributed by atoms with Gasteiger partial charge in [-0.05, 0) is 30.9 Å². The molecule has 2 heteroatoms. The highest BCUT2D eigenvalue weighted by molar-refractivity contribution is 5.95. The first kappa shape index (κ1) is 10.0. The molecule has 1 aliphatic rings. The quantitative estimate of drug-likeness (QED) is 0.640. The van der Waals surface area contributed by atoms with E-state index >= 15 is 0 Å². The number of nitrogens with zero attached hydrogens (tertiary/aromatic N) is 1. The number of unbranched alkanes of at least 4 members (excludes halogenated alkanes) is 1. The van der Waals surface area contributed by atoms with Crippen molar-refractivity contribution in [1.29, 1.82) is 0 Å². The number of Topliss-reactive ketones (excluding diaryl/α,β-unsaturated/α-hetero) is 1. The number of carbonyl (C=O) groups excluding carboxylic acids is 1. The fourth-order valence-electron chi connectivity index (χ4n) is 1.86. The summed E-state index contributed by atoms with van der Waals surface area (Å²) < 4.78 is 2.05. The molecule has 1 aromatic heterocycles. The summed E-state index contributed by atoms with van der Waals surface area (Å²) in [5, 5.41) is 0. The minimum atomic E-state index is 0.254. The molecule has 0 spiro atoms. The predicted octanol–water partition coefficient (Wildman–Crippen LogP) is 2.62. The smallest absolute Gasteiger partial charge is 0.179 e. The molecule has 0 radical (unpaired) electrons. The lowest BCUT2D eigenvalue weighted by molar-refractivity contribution is 0.0955. The molecule has 0 bridgehead atoms. The Morgan fingerprint density at radius 3 is 3.13 bits per heavy atom. The van der Waals surface area contributed by atoms with Crippen LogP contribution in [-0.4, -0.2) is 10.4 Å². The van der Waals surface area contributed by atoms with Crippen LogP contribution in [-0.2, 0) is 6.54 Å². The fourth-order valence-corrected chi connectivity index (χ4v) is 1.86. The zero-order valence-electron chi connectivity index (χ0n) is 9.05. The SMILES string of the molecule is CCCC#Cc1ccc2n1CCCC2=O. The van der Waals surface area contributed by atoms with Crippen molar-refractivity contribution in [3.05, 3.63) is 23.5 Å². The molecule has 1 aliphatic heterocycles. The van der Waals surface area contributed by atoms with Crippen LogP contribution < -0.4 is 0 Å². The number of carbonyl (C=O) groups is 1. The van der Waals surface area contributed by atoms with E-state index in [1.165, 1.54) is 0 Å². The molecule has 78 valence electrons. The maximum Gasteiger partial charge on any atom is 0.179 e. The first-order valence-corrected chi connectivity index (χ1v) is 5.54. The molecule has 0 aliphatic carbocycles. The molecule has 0 saturated carbocycles. The number of hydrogen-bond acceptors (Lipinski definition) is 1. The van der Waals surface area contributed by atoms with Crippen LogP contribution in [0.3, 0.4) is 0 Å². The van der Waals surface area contributed by atoms with E-state index in [-0.39, 0.29) is 5.78 Å². The zero-order chi connectivity index (χ0) is 10.7. The molecule has 2 nitrogen and oxygen atoms in total. The molecule has 1 aromatic rings. The Kier molecular flexibility index (Phi) is 2.91. The Labute approximate surface area is 90.3 Å². The fraction of sp³-hybridized carbons (Fsp3) is 0.462. The second kappa shape index (κ2) is 4.35. The molecule has 0 unspecified atom stereocenters. The summed E-state index contributed by atoms with van der Waals surface area (Å²) >= 11 is 0. The van der Waals surface area contributed by atoms with Crippen LogP contribution in [0.5, 0.6) is 0 Å². The van der Waals surface area contributed by atoms with Gasteiger partial charge in [-0.2, -0.15) is 0 Å². The van der Waals surface area contributed by atoms with Gasteiger partial charge in [0.15, 0.2) is 5.78 Å². The maximum absolute atomic E-state index is 11.6. The van der Waals surface area contributed by atoms with E-state index < -0.39 is 0 Å². The predicted molar refractivity (Wildman–Crippen MR) is 59.8 cm³/mol. The average Bonchev–Trinajstić information content (AvgIpc) is 2.64. The van der Waals surface area contributed by atoms with Crippen LogP contribution in [0.15, 0.2) is 12.1 Å². The summed E-state index contributed by atoms with van der Waals surface area (Å²) in [5.74, 6) is 6.51. The molecule has 0 fully saturated rings. The van der Waals surface area contributed by atoms with Gasteiger partial charge in [0.2, 0.25) is 0 Å². The normalized spacial score (nSPS) is 14.3. The van der Waals surface area contributed by atoms with Crippen molar-refractivity contribution >= 4 is 5.78 Å². The van der Waals surface area contributed by atoms with Gasteiger partial charge < -0.3 is 4.57 Å². The first-order chi connectivity index (χ1) is 7.33. The molecular formula is C13H15NO. The topological polar surface area (TPSA) is 22.0 Å². The van der Waals surface area contributed by atoms with E-state index in [0.717, 1.165) is 37.2 Å². The Balaban J connectivity index is 2.28. The van der Waals surface area contributed by atoms with Crippen LogP contribution in [0, 0.1) is 11.8 Å². The van der Waals surface area contributed by atoms with Crippen molar-refractivity contribution < 1.29 is 4.79 Å². The number of rotatable bonds is 1. The highest BCUT2D eigenvalue weighted by Gasteiger charge is 2.18. The zero-order valence-corrected chi connectivity index (χ0v) is 9.05. The van der Waals surface area contributed by atoms with Crippen molar-refractivity contribution in [2.45, 2.75) is 39.2 Å². The molecule has 2 rings (SSSR count). The number of ketones is 1. The summed E-state index contributed by atoms with van der Waals surface area (Å²) in [7, 11) is 0. The van der Waals surface area contributed by atoms with Crippen LogP contribution in [0.2, 0.25) is 0 Å². The van der Waals surface area contributed by atoms with Gasteiger partial charge in [0.05, 0.1) is 11.4 Å². The molecule has 0 saturated heterocycles. The van der Waals surface area contributed by atoms with Crippen LogP contribution >= 0.6 is 0 Å². The van der Waals surface area contributed by atoms with E-state index in [1.54, 1.807) is 0 Å². The number of aromatic nitrogens is 1. The standard InChI is InChI=1S/C13H15NO/c1-2-3-4-6-11-8-9-12-13(15)7-5-10-14(11)12/h8-9H,2-3,5,7,10H2,1H3. The third-order valence-corrected chi connectivity index (χ3v) is 2.64. The van der Waals surface area contributed by atoms with E-state index in [9.17, 15) is 4.79 Å². The summed E-state index contributed by atoms with van der Waals surface area (Å²) in [4.78, 5) is 11.6. The van der Waals surface area contributed by atoms with E-state index in [1.807, 2.05) is 12.1 Å². The summed E-state index contributed by atoms with van der Waals surface area (Å²) in [6.45, 7) is 3.05. The van der Waals surface area contributed by atoms with Crippen molar-refractivity contribution in [1.82, 2.24) is 4.57 Å². The minimum absolute atomic E-state index is 0.254. The van der Waals surface area contributed by atoms with Gasteiger partial charge in [-0.3, -0.25) is 4.79 Å². The molecule has 2 heterocycles. The van der Waals surface area contributed by atoms with Gasteiger partial charge >= 0.3 is 0 Å². The first-order valence-electron chi connectivity index (χ1n) is 5.54. The van der Waals surface area contributed by atoms with Gasteiger partial charge in [-0.25, -0.2) is 0 Å². The van der Waals surface area contributed by atoms with Crippen molar-refractivity contribution in [2.75, 3.05) is 0 Å². The lowest BCUT2D eigenvalue weighted by Crippen LogP contribution is -2.17. The van der Waals surface area contributed by atoms with Crippen molar-refractivity contribution in [3.63, 3.8) is 0 Å². The van der Waals surface area contributed by atoms with E-state index in [2.05, 4.69) is 23.3 Å². The molecule has 0 atom stereocenters. The number of hydrogen-bond donors (Lipinski definition) is 0. The largest absolute Gasteiger partial charge is 0.332 e. The van der Waals surface area contributed by atoms with Gasteiger partial charge in [0.25, 0.3) is 0 Å². The molecule has 15 heavy (non-hydrogen) atoms. The van der Waals surface area contributed by atoms with Crippen LogP contribution in [0.25, 0.3) is 0 Å². The highest BCUT2D eigenvalue weighted by Crippen LogP contribution is 2.18. The average molecular weight is 201 g/mol. The Morgan fingerprint density at radius 1 is 1.47 bits per heavy atom. The molecule has 0 N–H and O–H groups in total. The third kappa shape index (κ3) is 1.97. The minimum Gasteiger partial charge on any atom is -0.332 e. The Hall–Kier alpha value is -1.49. The van der Waals surface area contributed by atoms with Gasteiger partial charge in [-0.15, -0.1) is 0 Å². The van der Waals surface area contributed by atoms with Gasteiger partial charge in [0.1, 0.15) is 0 Å². The molecular weight excluding hydrogens is 186 g/mol. The molecule has 0 aromatic carbocycles. The second-order valence-corrected chi connectivity index (χ2v) is 3.83. The second-order valence-electron chi connectivity index (χ2n) is 3.83. The number of fused-ring (bicyclic) bond motifs is 1. The summed E-state index contributed by atoms with van der Waals surface area (Å²) in [5.41, 5.74) is 1.83. The van der Waals surface area contributed by atoms with E-state index in [0.29, 0.717) is 6.42 Å². The maximum atomic E-state index is 11.6. The van der Waals surface area contributed by atoms with Gasteiger partial charge in [0, 0.05) is 19.4 Å². The summed E-state index contributed by atoms with van der Waals surface area (Å²) in [6, 6.07) is 3.86. The molecule has 0 amide bonds. The van der Waals surface area contributed by atoms with Crippen molar-refractivity contribution in [3.8, 4) is 11.8 Å². The van der Waals surface area contributed by atoms with Crippen molar-refractivity contribution in [2.24, 2.45) is 0 Å². The lowest BCUT2D eigenvalue weighted by Gasteiger charge is -2.14. The van der Waals surface area contributed by atoms with Gasteiger partial charge in [-0.1, -0.05) is 12.8 Å².